The average molecular weight is 257 g/mol. The molecule has 2 aromatic rings. The van der Waals surface area contributed by atoms with Crippen molar-refractivity contribution in [3.63, 3.8) is 0 Å². The molecule has 2 heterocycles. The minimum Gasteiger partial charge on any atom is -0.353 e. The number of pyridine rings is 1. The van der Waals surface area contributed by atoms with E-state index in [9.17, 15) is 5.26 Å². The summed E-state index contributed by atoms with van der Waals surface area (Å²) in [5.74, 6) is 0.767. The minimum absolute atomic E-state index is 0.666. The van der Waals surface area contributed by atoms with Gasteiger partial charge in [-0.1, -0.05) is 6.07 Å². The second-order valence-electron chi connectivity index (χ2n) is 4.33. The Labute approximate surface area is 111 Å². The van der Waals surface area contributed by atoms with E-state index in [2.05, 4.69) is 22.5 Å². The predicted octanol–water partition coefficient (Wildman–Crippen LogP) is 3.27. The van der Waals surface area contributed by atoms with Crippen molar-refractivity contribution in [1.29, 1.82) is 5.26 Å². The summed E-state index contributed by atoms with van der Waals surface area (Å²) in [5, 5.41) is 11.3. The first-order chi connectivity index (χ1) is 8.61. The van der Waals surface area contributed by atoms with Crippen molar-refractivity contribution in [2.24, 2.45) is 0 Å². The lowest BCUT2D eigenvalue weighted by Gasteiger charge is -2.20. The molecular weight excluding hydrogens is 242 g/mol. The first kappa shape index (κ1) is 12.6. The summed E-state index contributed by atoms with van der Waals surface area (Å²) in [5.41, 5.74) is 2.59. The molecule has 0 N–H and O–H groups in total. The number of hydrogen-bond donors (Lipinski definition) is 0. The molecule has 2 aromatic heterocycles. The van der Waals surface area contributed by atoms with Crippen LogP contribution in [0.5, 0.6) is 0 Å². The molecule has 0 unspecified atom stereocenters. The van der Waals surface area contributed by atoms with Gasteiger partial charge in [0.15, 0.2) is 0 Å². The van der Waals surface area contributed by atoms with Crippen LogP contribution in [-0.2, 0) is 6.54 Å². The van der Waals surface area contributed by atoms with E-state index in [-0.39, 0.29) is 0 Å². The smallest absolute Gasteiger partial charge is 0.147 e. The van der Waals surface area contributed by atoms with E-state index < -0.39 is 0 Å². The largest absolute Gasteiger partial charge is 0.353 e. The van der Waals surface area contributed by atoms with Crippen LogP contribution >= 0.6 is 11.3 Å². The SMILES string of the molecule is Cc1cc(C)c(C#N)c(N(C)Cc2cccs2)n1. The zero-order valence-electron chi connectivity index (χ0n) is 10.8. The Bertz CT molecular complexity index is 582. The number of rotatable bonds is 3. The third-order valence-electron chi connectivity index (χ3n) is 2.77. The fraction of sp³-hybridized carbons (Fsp3) is 0.286. The van der Waals surface area contributed by atoms with Gasteiger partial charge < -0.3 is 4.90 Å². The second-order valence-corrected chi connectivity index (χ2v) is 5.36. The molecule has 0 saturated heterocycles. The van der Waals surface area contributed by atoms with Crippen LogP contribution in [0.1, 0.15) is 21.7 Å². The Kier molecular flexibility index (Phi) is 3.63. The molecule has 0 fully saturated rings. The number of hydrogen-bond acceptors (Lipinski definition) is 4. The van der Waals surface area contributed by atoms with E-state index in [4.69, 9.17) is 0 Å². The lowest BCUT2D eigenvalue weighted by Crippen LogP contribution is -2.19. The monoisotopic (exact) mass is 257 g/mol. The Morgan fingerprint density at radius 1 is 1.44 bits per heavy atom. The predicted molar refractivity (Wildman–Crippen MR) is 74.9 cm³/mol. The molecule has 0 bridgehead atoms. The summed E-state index contributed by atoms with van der Waals surface area (Å²) in [6.45, 7) is 4.69. The summed E-state index contributed by atoms with van der Waals surface area (Å²) in [7, 11) is 1.97. The highest BCUT2D eigenvalue weighted by Crippen LogP contribution is 2.23. The third-order valence-corrected chi connectivity index (χ3v) is 3.63. The molecule has 0 atom stereocenters. The molecule has 0 aliphatic heterocycles. The van der Waals surface area contributed by atoms with Crippen molar-refractivity contribution in [3.8, 4) is 6.07 Å². The highest BCUT2D eigenvalue weighted by molar-refractivity contribution is 7.09. The van der Waals surface area contributed by atoms with E-state index in [0.29, 0.717) is 5.56 Å². The summed E-state index contributed by atoms with van der Waals surface area (Å²) < 4.78 is 0. The highest BCUT2D eigenvalue weighted by atomic mass is 32.1. The van der Waals surface area contributed by atoms with Crippen molar-refractivity contribution in [2.45, 2.75) is 20.4 Å². The summed E-state index contributed by atoms with van der Waals surface area (Å²) in [4.78, 5) is 7.79. The fourth-order valence-corrected chi connectivity index (χ4v) is 2.70. The van der Waals surface area contributed by atoms with Crippen LogP contribution in [0.4, 0.5) is 5.82 Å². The molecule has 0 radical (unpaired) electrons. The lowest BCUT2D eigenvalue weighted by molar-refractivity contribution is 0.900. The Hall–Kier alpha value is -1.86. The minimum atomic E-state index is 0.666. The number of aromatic nitrogens is 1. The Balaban J connectivity index is 2.35. The van der Waals surface area contributed by atoms with Crippen LogP contribution in [-0.4, -0.2) is 12.0 Å². The summed E-state index contributed by atoms with van der Waals surface area (Å²) >= 11 is 1.72. The van der Waals surface area contributed by atoms with Gasteiger partial charge >= 0.3 is 0 Å². The van der Waals surface area contributed by atoms with Gasteiger partial charge in [-0.2, -0.15) is 5.26 Å². The van der Waals surface area contributed by atoms with Gasteiger partial charge in [-0.25, -0.2) is 4.98 Å². The zero-order chi connectivity index (χ0) is 13.1. The maximum absolute atomic E-state index is 9.25. The van der Waals surface area contributed by atoms with Gasteiger partial charge in [0.25, 0.3) is 0 Å². The molecular formula is C14H15N3S. The molecule has 4 heteroatoms. The maximum Gasteiger partial charge on any atom is 0.147 e. The highest BCUT2D eigenvalue weighted by Gasteiger charge is 2.13. The van der Waals surface area contributed by atoms with Crippen molar-refractivity contribution in [1.82, 2.24) is 4.98 Å². The van der Waals surface area contributed by atoms with Gasteiger partial charge in [-0.3, -0.25) is 0 Å². The normalized spacial score (nSPS) is 10.1. The van der Waals surface area contributed by atoms with E-state index >= 15 is 0 Å². The van der Waals surface area contributed by atoms with Gasteiger partial charge in [-0.15, -0.1) is 11.3 Å². The molecule has 2 rings (SSSR count). The number of thiophene rings is 1. The molecule has 0 saturated carbocycles. The lowest BCUT2D eigenvalue weighted by atomic mass is 10.1. The summed E-state index contributed by atoms with van der Waals surface area (Å²) in [6, 6.07) is 8.33. The van der Waals surface area contributed by atoms with Crippen molar-refractivity contribution in [2.75, 3.05) is 11.9 Å². The van der Waals surface area contributed by atoms with Crippen LogP contribution in [0.2, 0.25) is 0 Å². The molecule has 3 nitrogen and oxygen atoms in total. The van der Waals surface area contributed by atoms with Crippen LogP contribution in [0.25, 0.3) is 0 Å². The molecule has 0 aliphatic carbocycles. The van der Waals surface area contributed by atoms with Gasteiger partial charge in [0, 0.05) is 17.6 Å². The molecule has 92 valence electrons. The van der Waals surface area contributed by atoms with Crippen LogP contribution in [0.3, 0.4) is 0 Å². The van der Waals surface area contributed by atoms with Crippen molar-refractivity contribution in [3.05, 3.63) is 45.3 Å². The fourth-order valence-electron chi connectivity index (χ4n) is 1.94. The van der Waals surface area contributed by atoms with Gasteiger partial charge in [-0.05, 0) is 36.9 Å². The molecule has 0 aromatic carbocycles. The number of anilines is 1. The van der Waals surface area contributed by atoms with Gasteiger partial charge in [0.2, 0.25) is 0 Å². The Morgan fingerprint density at radius 3 is 2.83 bits per heavy atom. The van der Waals surface area contributed by atoms with Gasteiger partial charge in [0.05, 0.1) is 12.1 Å². The number of nitrogens with zero attached hydrogens (tertiary/aromatic N) is 3. The van der Waals surface area contributed by atoms with E-state index in [1.807, 2.05) is 37.9 Å². The molecule has 0 amide bonds. The number of aryl methyl sites for hydroxylation is 2. The van der Waals surface area contributed by atoms with Crippen molar-refractivity contribution >= 4 is 17.2 Å². The molecule has 18 heavy (non-hydrogen) atoms. The third kappa shape index (κ3) is 2.52. The Morgan fingerprint density at radius 2 is 2.22 bits per heavy atom. The van der Waals surface area contributed by atoms with E-state index in [1.54, 1.807) is 11.3 Å². The zero-order valence-corrected chi connectivity index (χ0v) is 11.6. The van der Waals surface area contributed by atoms with Crippen LogP contribution in [0, 0.1) is 25.2 Å². The molecule has 0 spiro atoms. The number of nitriles is 1. The maximum atomic E-state index is 9.25. The topological polar surface area (TPSA) is 39.9 Å². The second kappa shape index (κ2) is 5.19. The van der Waals surface area contributed by atoms with Crippen LogP contribution in [0.15, 0.2) is 23.6 Å². The van der Waals surface area contributed by atoms with E-state index in [0.717, 1.165) is 23.6 Å². The van der Waals surface area contributed by atoms with Crippen LogP contribution < -0.4 is 4.90 Å². The summed E-state index contributed by atoms with van der Waals surface area (Å²) in [6.07, 6.45) is 0. The molecule has 0 aliphatic rings. The quantitative estimate of drug-likeness (QED) is 0.847. The standard InChI is InChI=1S/C14H15N3S/c1-10-7-11(2)16-14(13(10)8-15)17(3)9-12-5-4-6-18-12/h4-7H,9H2,1-3H3. The van der Waals surface area contributed by atoms with E-state index in [1.165, 1.54) is 4.88 Å². The first-order valence-electron chi connectivity index (χ1n) is 5.73. The first-order valence-corrected chi connectivity index (χ1v) is 6.61. The van der Waals surface area contributed by atoms with Crippen molar-refractivity contribution < 1.29 is 0 Å². The average Bonchev–Trinajstić information content (AvgIpc) is 2.80. The van der Waals surface area contributed by atoms with Gasteiger partial charge in [0.1, 0.15) is 11.9 Å².